The number of aromatic nitrogens is 4. The van der Waals surface area contributed by atoms with Gasteiger partial charge in [0.05, 0.1) is 40.0 Å². The average molecular weight is 554 g/mol. The molecule has 40 heavy (non-hydrogen) atoms. The maximum atomic E-state index is 13.5. The molecule has 0 bridgehead atoms. The van der Waals surface area contributed by atoms with Crippen molar-refractivity contribution in [3.63, 3.8) is 0 Å². The van der Waals surface area contributed by atoms with Crippen LogP contribution in [0.1, 0.15) is 22.6 Å². The molecule has 0 aliphatic carbocycles. The van der Waals surface area contributed by atoms with Crippen molar-refractivity contribution >= 4 is 33.9 Å². The van der Waals surface area contributed by atoms with Gasteiger partial charge in [-0.15, -0.1) is 5.10 Å². The van der Waals surface area contributed by atoms with Gasteiger partial charge in [-0.2, -0.15) is 0 Å². The van der Waals surface area contributed by atoms with Gasteiger partial charge in [-0.25, -0.2) is 19.3 Å². The molecular formula is C28H16ClN5O6. The molecule has 1 atom stereocenters. The van der Waals surface area contributed by atoms with Crippen LogP contribution in [0.2, 0.25) is 5.02 Å². The lowest BCUT2D eigenvalue weighted by molar-refractivity contribution is -0.384. The first-order valence-electron chi connectivity index (χ1n) is 12.0. The van der Waals surface area contributed by atoms with Crippen molar-refractivity contribution in [3.05, 3.63) is 115 Å². The number of rotatable bonds is 4. The summed E-state index contributed by atoms with van der Waals surface area (Å²) >= 11 is 6.25. The van der Waals surface area contributed by atoms with Crippen LogP contribution in [0.4, 0.5) is 5.69 Å². The monoisotopic (exact) mass is 553 g/mol. The minimum atomic E-state index is -0.782. The second-order valence-corrected chi connectivity index (χ2v) is 9.46. The van der Waals surface area contributed by atoms with Gasteiger partial charge in [0, 0.05) is 17.2 Å². The molecule has 6 aromatic rings. The zero-order valence-corrected chi connectivity index (χ0v) is 21.3. The molecule has 0 fully saturated rings. The lowest BCUT2D eigenvalue weighted by Gasteiger charge is -2.27. The molecule has 0 saturated heterocycles. The van der Waals surface area contributed by atoms with E-state index in [2.05, 4.69) is 10.1 Å². The maximum Gasteiger partial charge on any atom is 0.344 e. The number of para-hydroxylation sites is 1. The number of hydrogen-bond acceptors (Lipinski definition) is 9. The number of non-ortho nitro benzene ring substituents is 1. The molecule has 3 aromatic heterocycles. The van der Waals surface area contributed by atoms with E-state index in [0.717, 1.165) is 0 Å². The summed E-state index contributed by atoms with van der Waals surface area (Å²) in [7, 11) is 1.53. The van der Waals surface area contributed by atoms with Crippen LogP contribution in [0.3, 0.4) is 0 Å². The van der Waals surface area contributed by atoms with Crippen LogP contribution in [0.5, 0.6) is 17.4 Å². The van der Waals surface area contributed by atoms with Crippen LogP contribution >= 0.6 is 11.6 Å². The number of hydrogen-bond donors (Lipinski definition) is 0. The largest absolute Gasteiger partial charge is 0.496 e. The fourth-order valence-electron chi connectivity index (χ4n) is 5.02. The highest BCUT2D eigenvalue weighted by atomic mass is 35.5. The molecule has 4 heterocycles. The highest BCUT2D eigenvalue weighted by molar-refractivity contribution is 6.30. The van der Waals surface area contributed by atoms with Gasteiger partial charge in [0.25, 0.3) is 5.69 Å². The van der Waals surface area contributed by atoms with E-state index < -0.39 is 16.5 Å². The predicted octanol–water partition coefficient (Wildman–Crippen LogP) is 5.75. The van der Waals surface area contributed by atoms with Gasteiger partial charge in [0.2, 0.25) is 5.88 Å². The number of methoxy groups -OCH3 is 1. The lowest BCUT2D eigenvalue weighted by atomic mass is 9.84. The second kappa shape index (κ2) is 8.89. The summed E-state index contributed by atoms with van der Waals surface area (Å²) in [6.45, 7) is 0. The average Bonchev–Trinajstić information content (AvgIpc) is 3.41. The fourth-order valence-corrected chi connectivity index (χ4v) is 5.19. The number of fused-ring (bicyclic) bond motifs is 6. The Labute approximate surface area is 229 Å². The quantitative estimate of drug-likeness (QED) is 0.151. The number of nitro benzene ring substituents is 1. The number of halogens is 1. The molecule has 1 unspecified atom stereocenters. The normalized spacial score (nSPS) is 14.0. The number of benzene rings is 3. The van der Waals surface area contributed by atoms with Gasteiger partial charge in [0.15, 0.2) is 17.2 Å². The van der Waals surface area contributed by atoms with Crippen molar-refractivity contribution in [3.8, 4) is 28.8 Å². The molecule has 12 heteroatoms. The fraction of sp³-hybridized carbons (Fsp3) is 0.0714. The molecule has 0 spiro atoms. The molecule has 1 aliphatic rings. The van der Waals surface area contributed by atoms with Crippen LogP contribution in [0.25, 0.3) is 28.0 Å². The summed E-state index contributed by atoms with van der Waals surface area (Å²) in [5, 5.41) is 17.0. The van der Waals surface area contributed by atoms with E-state index in [4.69, 9.17) is 30.5 Å². The number of ether oxygens (including phenoxy) is 2. The Morgan fingerprint density at radius 1 is 1.07 bits per heavy atom. The van der Waals surface area contributed by atoms with Crippen LogP contribution in [-0.4, -0.2) is 31.6 Å². The van der Waals surface area contributed by atoms with E-state index in [1.54, 1.807) is 48.5 Å². The third-order valence-corrected chi connectivity index (χ3v) is 7.04. The lowest BCUT2D eigenvalue weighted by Crippen LogP contribution is -2.22. The summed E-state index contributed by atoms with van der Waals surface area (Å²) in [6, 6.07) is 18.1. The van der Waals surface area contributed by atoms with Gasteiger partial charge in [-0.05, 0) is 35.9 Å². The standard InChI is InChI=1S/C28H16ClN5O6/c1-38-19-11-8-15(29)12-18(19)25-31-26-23-21(14-6-9-16(10-7-14)34(36)37)22-24(40-27(23)30-13-33(26)32-25)17-4-2-3-5-20(17)39-28(22)35/h2-13,21H,1H3. The highest BCUT2D eigenvalue weighted by Crippen LogP contribution is 2.49. The van der Waals surface area contributed by atoms with Crippen molar-refractivity contribution in [1.29, 1.82) is 0 Å². The van der Waals surface area contributed by atoms with Gasteiger partial charge in [0.1, 0.15) is 17.7 Å². The van der Waals surface area contributed by atoms with Crippen molar-refractivity contribution in [2.45, 2.75) is 5.92 Å². The summed E-state index contributed by atoms with van der Waals surface area (Å²) < 4.78 is 18.9. The SMILES string of the molecule is COc1ccc(Cl)cc1-c1nc2c3c(ncn2n1)Oc1c(c(=O)oc2ccccc12)C3c1ccc([N+](=O)[O-])cc1. The molecule has 3 aromatic carbocycles. The Hall–Kier alpha value is -5.29. The van der Waals surface area contributed by atoms with Gasteiger partial charge < -0.3 is 13.9 Å². The number of nitro groups is 1. The van der Waals surface area contributed by atoms with Crippen LogP contribution in [0, 0.1) is 10.1 Å². The summed E-state index contributed by atoms with van der Waals surface area (Å²) in [5.74, 6) is 0.568. The van der Waals surface area contributed by atoms with Crippen molar-refractivity contribution in [1.82, 2.24) is 19.6 Å². The molecule has 0 amide bonds. The second-order valence-electron chi connectivity index (χ2n) is 9.02. The first-order chi connectivity index (χ1) is 19.4. The van der Waals surface area contributed by atoms with Crippen molar-refractivity contribution in [2.75, 3.05) is 7.11 Å². The molecule has 0 radical (unpaired) electrons. The molecular weight excluding hydrogens is 538 g/mol. The molecule has 1 aliphatic heterocycles. The van der Waals surface area contributed by atoms with Gasteiger partial charge in [-0.1, -0.05) is 35.9 Å². The van der Waals surface area contributed by atoms with E-state index in [-0.39, 0.29) is 17.1 Å². The van der Waals surface area contributed by atoms with Crippen LogP contribution in [-0.2, 0) is 0 Å². The van der Waals surface area contributed by atoms with Crippen LogP contribution in [0.15, 0.2) is 82.3 Å². The summed E-state index contributed by atoms with van der Waals surface area (Å²) in [6.07, 6.45) is 1.47. The maximum absolute atomic E-state index is 13.5. The summed E-state index contributed by atoms with van der Waals surface area (Å²) in [5.41, 5.74) is 1.84. The Balaban J connectivity index is 1.53. The van der Waals surface area contributed by atoms with Crippen molar-refractivity contribution in [2.24, 2.45) is 0 Å². The Kier molecular flexibility index (Phi) is 5.29. The van der Waals surface area contributed by atoms with Crippen molar-refractivity contribution < 1.29 is 18.8 Å². The van der Waals surface area contributed by atoms with E-state index in [1.165, 1.54) is 30.1 Å². The molecule has 196 valence electrons. The first-order valence-corrected chi connectivity index (χ1v) is 12.4. The van der Waals surface area contributed by atoms with Gasteiger partial charge in [-0.3, -0.25) is 10.1 Å². The molecule has 7 rings (SSSR count). The van der Waals surface area contributed by atoms with Gasteiger partial charge >= 0.3 is 5.63 Å². The molecule has 11 nitrogen and oxygen atoms in total. The Morgan fingerprint density at radius 3 is 2.65 bits per heavy atom. The third kappa shape index (κ3) is 3.59. The minimum Gasteiger partial charge on any atom is -0.496 e. The smallest absolute Gasteiger partial charge is 0.344 e. The Morgan fingerprint density at radius 2 is 1.88 bits per heavy atom. The third-order valence-electron chi connectivity index (χ3n) is 6.80. The van der Waals surface area contributed by atoms with Crippen LogP contribution < -0.4 is 15.1 Å². The first kappa shape index (κ1) is 23.8. The number of nitrogens with zero attached hydrogens (tertiary/aromatic N) is 5. The molecule has 0 saturated carbocycles. The van der Waals surface area contributed by atoms with E-state index in [1.807, 2.05) is 6.07 Å². The zero-order chi connectivity index (χ0) is 27.5. The highest BCUT2D eigenvalue weighted by Gasteiger charge is 2.37. The zero-order valence-electron chi connectivity index (χ0n) is 20.6. The van der Waals surface area contributed by atoms with E-state index in [9.17, 15) is 14.9 Å². The van der Waals surface area contributed by atoms with E-state index in [0.29, 0.717) is 55.7 Å². The summed E-state index contributed by atoms with van der Waals surface area (Å²) in [4.78, 5) is 33.6. The predicted molar refractivity (Wildman–Crippen MR) is 144 cm³/mol. The molecule has 0 N–H and O–H groups in total. The van der Waals surface area contributed by atoms with E-state index >= 15 is 0 Å². The topological polar surface area (TPSA) is 135 Å². The minimum absolute atomic E-state index is 0.0871. The Bertz CT molecular complexity index is 2050.